The van der Waals surface area contributed by atoms with Crippen molar-refractivity contribution in [1.82, 2.24) is 10.6 Å². The third-order valence-electron chi connectivity index (χ3n) is 3.44. The Labute approximate surface area is 175 Å². The molecule has 150 valence electrons. The molecular weight excluding hydrogens is 445 g/mol. The highest BCUT2D eigenvalue weighted by molar-refractivity contribution is 14.0. The first-order valence-electron chi connectivity index (χ1n) is 8.84. The van der Waals surface area contributed by atoms with E-state index in [1.807, 2.05) is 13.8 Å². The Morgan fingerprint density at radius 1 is 1.15 bits per heavy atom. The largest absolute Gasteiger partial charge is 0.491 e. The number of hydrogen-bond acceptors (Lipinski definition) is 4. The second kappa shape index (κ2) is 15.0. The summed E-state index contributed by atoms with van der Waals surface area (Å²) in [6.45, 7) is 9.58. The molecule has 1 aromatic carbocycles. The molecule has 0 amide bonds. The second-order valence-corrected chi connectivity index (χ2v) is 6.09. The lowest BCUT2D eigenvalue weighted by molar-refractivity contribution is 0.0698. The zero-order chi connectivity index (χ0) is 18.5. The van der Waals surface area contributed by atoms with E-state index in [0.717, 1.165) is 30.2 Å². The Balaban J connectivity index is 0.00000625. The van der Waals surface area contributed by atoms with Gasteiger partial charge in [-0.2, -0.15) is 0 Å². The maximum absolute atomic E-state index is 5.91. The zero-order valence-electron chi connectivity index (χ0n) is 16.6. The molecule has 0 aliphatic heterocycles. The fourth-order valence-electron chi connectivity index (χ4n) is 2.20. The molecule has 1 rings (SSSR count). The topological polar surface area (TPSA) is 64.1 Å². The lowest BCUT2D eigenvalue weighted by Gasteiger charge is -2.17. The first-order valence-corrected chi connectivity index (χ1v) is 8.84. The molecule has 0 fully saturated rings. The molecule has 0 atom stereocenters. The average Bonchev–Trinajstić information content (AvgIpc) is 2.57. The van der Waals surface area contributed by atoms with Gasteiger partial charge in [-0.25, -0.2) is 0 Å². The number of guanidine groups is 1. The Bertz CT molecular complexity index is 525. The fourth-order valence-corrected chi connectivity index (χ4v) is 2.20. The van der Waals surface area contributed by atoms with Gasteiger partial charge in [0.2, 0.25) is 0 Å². The number of aryl methyl sites for hydroxylation is 1. The summed E-state index contributed by atoms with van der Waals surface area (Å²) >= 11 is 0. The van der Waals surface area contributed by atoms with Crippen LogP contribution in [0.5, 0.6) is 5.75 Å². The number of halogens is 1. The van der Waals surface area contributed by atoms with Gasteiger partial charge in [-0.05, 0) is 38.8 Å². The number of nitrogens with one attached hydrogen (secondary N) is 2. The molecule has 0 spiro atoms. The Morgan fingerprint density at radius 3 is 2.58 bits per heavy atom. The smallest absolute Gasteiger partial charge is 0.191 e. The summed E-state index contributed by atoms with van der Waals surface area (Å²) in [6.07, 6.45) is 1.06. The molecule has 0 saturated carbocycles. The molecular formula is C19H34IN3O3. The Kier molecular flexibility index (Phi) is 14.4. The Hall–Kier alpha value is -1.06. The molecule has 0 unspecified atom stereocenters. The minimum absolute atomic E-state index is 0. The van der Waals surface area contributed by atoms with Crippen LogP contribution < -0.4 is 15.4 Å². The fraction of sp³-hybridized carbons (Fsp3) is 0.632. The molecule has 0 bridgehead atoms. The van der Waals surface area contributed by atoms with Crippen LogP contribution >= 0.6 is 24.0 Å². The van der Waals surface area contributed by atoms with Crippen molar-refractivity contribution < 1.29 is 14.2 Å². The maximum atomic E-state index is 5.91. The molecule has 6 nitrogen and oxygen atoms in total. The van der Waals surface area contributed by atoms with E-state index in [9.17, 15) is 0 Å². The molecule has 0 radical (unpaired) electrons. The van der Waals surface area contributed by atoms with Crippen molar-refractivity contribution >= 4 is 29.9 Å². The molecule has 26 heavy (non-hydrogen) atoms. The third kappa shape index (κ3) is 10.8. The van der Waals surface area contributed by atoms with Gasteiger partial charge < -0.3 is 24.8 Å². The van der Waals surface area contributed by atoms with Crippen molar-refractivity contribution in [3.05, 3.63) is 29.3 Å². The van der Waals surface area contributed by atoms with Crippen LogP contribution in [0.25, 0.3) is 0 Å². The van der Waals surface area contributed by atoms with Crippen molar-refractivity contribution in [3.8, 4) is 5.75 Å². The summed E-state index contributed by atoms with van der Waals surface area (Å²) in [4.78, 5) is 4.25. The lowest BCUT2D eigenvalue weighted by Crippen LogP contribution is -2.37. The van der Waals surface area contributed by atoms with E-state index in [2.05, 4.69) is 40.7 Å². The summed E-state index contributed by atoms with van der Waals surface area (Å²) in [7, 11) is 3.44. The van der Waals surface area contributed by atoms with Crippen LogP contribution in [-0.4, -0.2) is 52.6 Å². The summed E-state index contributed by atoms with van der Waals surface area (Å²) in [6, 6.07) is 6.26. The van der Waals surface area contributed by atoms with Crippen molar-refractivity contribution in [3.63, 3.8) is 0 Å². The summed E-state index contributed by atoms with van der Waals surface area (Å²) in [5.41, 5.74) is 2.31. The van der Waals surface area contributed by atoms with Gasteiger partial charge in [-0.1, -0.05) is 12.1 Å². The van der Waals surface area contributed by atoms with E-state index >= 15 is 0 Å². The monoisotopic (exact) mass is 479 g/mol. The minimum atomic E-state index is 0. The van der Waals surface area contributed by atoms with Crippen molar-refractivity contribution in [1.29, 1.82) is 0 Å². The first kappa shape index (κ1) is 24.9. The standard InChI is InChI=1S/C19H33N3O3.HI/c1-15(2)25-18-13-16(3)7-8-17(18)14-22-19(20-4)21-9-6-10-24-12-11-23-5;/h7-8,13,15H,6,9-12,14H2,1-5H3,(H2,20,21,22);1H. The molecule has 0 aromatic heterocycles. The molecule has 1 aromatic rings. The predicted octanol–water partition coefficient (Wildman–Crippen LogP) is 3.12. The van der Waals surface area contributed by atoms with Gasteiger partial charge in [0.05, 0.1) is 19.3 Å². The van der Waals surface area contributed by atoms with Crippen molar-refractivity contribution in [2.24, 2.45) is 4.99 Å². The van der Waals surface area contributed by atoms with Crippen LogP contribution in [0.1, 0.15) is 31.4 Å². The average molecular weight is 479 g/mol. The van der Waals surface area contributed by atoms with E-state index < -0.39 is 0 Å². The number of aliphatic imine (C=N–C) groups is 1. The second-order valence-electron chi connectivity index (χ2n) is 6.09. The van der Waals surface area contributed by atoms with Crippen molar-refractivity contribution in [2.45, 2.75) is 39.8 Å². The van der Waals surface area contributed by atoms with Gasteiger partial charge in [-0.15, -0.1) is 24.0 Å². The first-order chi connectivity index (χ1) is 12.1. The highest BCUT2D eigenvalue weighted by Gasteiger charge is 2.07. The van der Waals surface area contributed by atoms with E-state index in [-0.39, 0.29) is 30.1 Å². The minimum Gasteiger partial charge on any atom is -0.491 e. The summed E-state index contributed by atoms with van der Waals surface area (Å²) < 4.78 is 16.3. The van der Waals surface area contributed by atoms with Crippen molar-refractivity contribution in [2.75, 3.05) is 40.5 Å². The molecule has 7 heteroatoms. The van der Waals surface area contributed by atoms with E-state index in [1.54, 1.807) is 14.2 Å². The zero-order valence-corrected chi connectivity index (χ0v) is 19.0. The predicted molar refractivity (Wildman–Crippen MR) is 118 cm³/mol. The number of nitrogens with zero attached hydrogens (tertiary/aromatic N) is 1. The molecule has 0 aliphatic rings. The van der Waals surface area contributed by atoms with Crippen LogP contribution in [-0.2, 0) is 16.0 Å². The molecule has 2 N–H and O–H groups in total. The number of hydrogen-bond donors (Lipinski definition) is 2. The van der Waals surface area contributed by atoms with E-state index in [0.29, 0.717) is 26.4 Å². The maximum Gasteiger partial charge on any atom is 0.191 e. The summed E-state index contributed by atoms with van der Waals surface area (Å²) in [5, 5.41) is 6.62. The highest BCUT2D eigenvalue weighted by atomic mass is 127. The quantitative estimate of drug-likeness (QED) is 0.221. The van der Waals surface area contributed by atoms with Gasteiger partial charge in [0.1, 0.15) is 5.75 Å². The summed E-state index contributed by atoms with van der Waals surface area (Å²) in [5.74, 6) is 1.69. The van der Waals surface area contributed by atoms with Gasteiger partial charge in [0.15, 0.2) is 5.96 Å². The number of ether oxygens (including phenoxy) is 3. The highest BCUT2D eigenvalue weighted by Crippen LogP contribution is 2.21. The van der Waals surface area contributed by atoms with Crippen LogP contribution in [0.2, 0.25) is 0 Å². The number of methoxy groups -OCH3 is 1. The number of rotatable bonds is 11. The van der Waals surface area contributed by atoms with Crippen LogP contribution in [0.15, 0.2) is 23.2 Å². The van der Waals surface area contributed by atoms with Gasteiger partial charge >= 0.3 is 0 Å². The van der Waals surface area contributed by atoms with Gasteiger partial charge in [0, 0.05) is 39.4 Å². The SMILES string of the molecule is CN=C(NCCCOCCOC)NCc1ccc(C)cc1OC(C)C.I. The Morgan fingerprint density at radius 2 is 1.92 bits per heavy atom. The van der Waals surface area contributed by atoms with E-state index in [1.165, 1.54) is 5.56 Å². The molecule has 0 heterocycles. The molecule has 0 aliphatic carbocycles. The van der Waals surface area contributed by atoms with Crippen LogP contribution in [0.3, 0.4) is 0 Å². The lowest BCUT2D eigenvalue weighted by atomic mass is 10.1. The molecule has 0 saturated heterocycles. The van der Waals surface area contributed by atoms with Gasteiger partial charge in [0.25, 0.3) is 0 Å². The van der Waals surface area contributed by atoms with Crippen LogP contribution in [0.4, 0.5) is 0 Å². The normalized spacial score (nSPS) is 11.2. The van der Waals surface area contributed by atoms with Crippen LogP contribution in [0, 0.1) is 6.92 Å². The van der Waals surface area contributed by atoms with Gasteiger partial charge in [-0.3, -0.25) is 4.99 Å². The number of benzene rings is 1. The van der Waals surface area contributed by atoms with E-state index in [4.69, 9.17) is 14.2 Å². The third-order valence-corrected chi connectivity index (χ3v) is 3.44.